The maximum atomic E-state index is 10.0. The Kier molecular flexibility index (Phi) is 1.21. The number of rotatable bonds is 2. The van der Waals surface area contributed by atoms with Crippen LogP contribution in [0.25, 0.3) is 0 Å². The third kappa shape index (κ3) is 0.816. The predicted octanol–water partition coefficient (Wildman–Crippen LogP) is 0.248. The SMILES string of the molecule is CCC1OC1C(=O)O. The zero-order valence-corrected chi connectivity index (χ0v) is 4.63. The molecule has 8 heavy (non-hydrogen) atoms. The number of ether oxygens (including phenoxy) is 1. The van der Waals surface area contributed by atoms with Crippen LogP contribution in [0.4, 0.5) is 0 Å². The van der Waals surface area contributed by atoms with E-state index in [1.807, 2.05) is 6.92 Å². The molecule has 1 saturated heterocycles. The van der Waals surface area contributed by atoms with Crippen molar-refractivity contribution < 1.29 is 14.6 Å². The van der Waals surface area contributed by atoms with Crippen LogP contribution in [0.5, 0.6) is 0 Å². The quantitative estimate of drug-likeness (QED) is 0.526. The molecule has 1 heterocycles. The number of epoxide rings is 1. The van der Waals surface area contributed by atoms with Gasteiger partial charge in [0.1, 0.15) is 0 Å². The van der Waals surface area contributed by atoms with Crippen LogP contribution in [0.15, 0.2) is 0 Å². The molecule has 0 radical (unpaired) electrons. The smallest absolute Gasteiger partial charge is 0.335 e. The Balaban J connectivity index is 2.26. The fourth-order valence-electron chi connectivity index (χ4n) is 0.670. The summed E-state index contributed by atoms with van der Waals surface area (Å²) in [5.41, 5.74) is 0. The highest BCUT2D eigenvalue weighted by Crippen LogP contribution is 2.24. The molecule has 2 unspecified atom stereocenters. The maximum absolute atomic E-state index is 10.0. The lowest BCUT2D eigenvalue weighted by molar-refractivity contribution is -0.138. The fourth-order valence-corrected chi connectivity index (χ4v) is 0.670. The molecular formula is C5H8O3. The Morgan fingerprint density at radius 3 is 2.62 bits per heavy atom. The standard InChI is InChI=1S/C5H8O3/c1-2-3-4(8-3)5(6)7/h3-4H,2H2,1H3,(H,6,7). The second kappa shape index (κ2) is 1.74. The highest BCUT2D eigenvalue weighted by Gasteiger charge is 2.43. The zero-order chi connectivity index (χ0) is 6.15. The second-order valence-electron chi connectivity index (χ2n) is 1.84. The summed E-state index contributed by atoms with van der Waals surface area (Å²) in [5, 5.41) is 8.23. The summed E-state index contributed by atoms with van der Waals surface area (Å²) in [7, 11) is 0. The van der Waals surface area contributed by atoms with E-state index in [4.69, 9.17) is 9.84 Å². The summed E-state index contributed by atoms with van der Waals surface area (Å²) in [6, 6.07) is 0. The Labute approximate surface area is 47.3 Å². The summed E-state index contributed by atoms with van der Waals surface area (Å²) in [6.07, 6.45) is 0.296. The van der Waals surface area contributed by atoms with Gasteiger partial charge in [-0.05, 0) is 6.42 Å². The van der Waals surface area contributed by atoms with Gasteiger partial charge >= 0.3 is 5.97 Å². The van der Waals surface area contributed by atoms with Crippen LogP contribution in [0.2, 0.25) is 0 Å². The van der Waals surface area contributed by atoms with E-state index in [-0.39, 0.29) is 6.10 Å². The summed E-state index contributed by atoms with van der Waals surface area (Å²) in [5.74, 6) is -0.836. The van der Waals surface area contributed by atoms with Crippen LogP contribution in [-0.2, 0) is 9.53 Å². The van der Waals surface area contributed by atoms with Crippen LogP contribution >= 0.6 is 0 Å². The number of carboxylic acids is 1. The van der Waals surface area contributed by atoms with Gasteiger partial charge in [0.05, 0.1) is 6.10 Å². The second-order valence-corrected chi connectivity index (χ2v) is 1.84. The fraction of sp³-hybridized carbons (Fsp3) is 0.800. The largest absolute Gasteiger partial charge is 0.479 e. The van der Waals surface area contributed by atoms with E-state index in [1.54, 1.807) is 0 Å². The van der Waals surface area contributed by atoms with Crippen LogP contribution < -0.4 is 0 Å². The van der Waals surface area contributed by atoms with Crippen molar-refractivity contribution in [3.05, 3.63) is 0 Å². The van der Waals surface area contributed by atoms with Crippen LogP contribution in [0.1, 0.15) is 13.3 Å². The first-order valence-electron chi connectivity index (χ1n) is 2.64. The van der Waals surface area contributed by atoms with Gasteiger partial charge < -0.3 is 9.84 Å². The average Bonchev–Trinajstić information content (AvgIpc) is 2.42. The third-order valence-electron chi connectivity index (χ3n) is 1.23. The maximum Gasteiger partial charge on any atom is 0.335 e. The molecule has 3 heteroatoms. The molecular weight excluding hydrogens is 108 g/mol. The number of carboxylic acid groups (broad SMARTS) is 1. The van der Waals surface area contributed by atoms with Crippen LogP contribution in [-0.4, -0.2) is 23.3 Å². The average molecular weight is 116 g/mol. The lowest BCUT2D eigenvalue weighted by atomic mass is 10.3. The van der Waals surface area contributed by atoms with E-state index in [2.05, 4.69) is 0 Å². The Morgan fingerprint density at radius 1 is 1.88 bits per heavy atom. The molecule has 1 aliphatic heterocycles. The zero-order valence-electron chi connectivity index (χ0n) is 4.63. The summed E-state index contributed by atoms with van der Waals surface area (Å²) < 4.78 is 4.73. The Bertz CT molecular complexity index is 110. The van der Waals surface area contributed by atoms with Gasteiger partial charge in [-0.2, -0.15) is 0 Å². The highest BCUT2D eigenvalue weighted by atomic mass is 16.6. The van der Waals surface area contributed by atoms with E-state index in [1.165, 1.54) is 0 Å². The van der Waals surface area contributed by atoms with E-state index in [0.717, 1.165) is 6.42 Å². The first-order chi connectivity index (χ1) is 3.75. The van der Waals surface area contributed by atoms with Gasteiger partial charge in [0.2, 0.25) is 0 Å². The molecule has 1 fully saturated rings. The first kappa shape index (κ1) is 5.56. The Morgan fingerprint density at radius 2 is 2.50 bits per heavy atom. The van der Waals surface area contributed by atoms with Gasteiger partial charge in [0.25, 0.3) is 0 Å². The third-order valence-corrected chi connectivity index (χ3v) is 1.23. The van der Waals surface area contributed by atoms with Crippen LogP contribution in [0.3, 0.4) is 0 Å². The number of hydrogen-bond acceptors (Lipinski definition) is 2. The molecule has 0 aromatic heterocycles. The van der Waals surface area contributed by atoms with Gasteiger partial charge in [-0.3, -0.25) is 0 Å². The molecule has 2 atom stereocenters. The first-order valence-corrected chi connectivity index (χ1v) is 2.64. The molecule has 0 bridgehead atoms. The molecule has 1 rings (SSSR count). The number of aliphatic carboxylic acids is 1. The molecule has 0 amide bonds. The molecule has 0 aromatic rings. The van der Waals surface area contributed by atoms with Crippen molar-refractivity contribution in [1.82, 2.24) is 0 Å². The minimum atomic E-state index is -0.836. The van der Waals surface area contributed by atoms with Crippen molar-refractivity contribution in [2.24, 2.45) is 0 Å². The molecule has 1 N–H and O–H groups in total. The molecule has 0 spiro atoms. The normalized spacial score (nSPS) is 34.6. The van der Waals surface area contributed by atoms with E-state index in [9.17, 15) is 4.79 Å². The van der Waals surface area contributed by atoms with E-state index < -0.39 is 12.1 Å². The predicted molar refractivity (Wildman–Crippen MR) is 26.6 cm³/mol. The highest BCUT2D eigenvalue weighted by molar-refractivity contribution is 5.75. The van der Waals surface area contributed by atoms with E-state index in [0.29, 0.717) is 0 Å². The topological polar surface area (TPSA) is 49.8 Å². The molecule has 46 valence electrons. The van der Waals surface area contributed by atoms with Crippen molar-refractivity contribution in [2.45, 2.75) is 25.6 Å². The van der Waals surface area contributed by atoms with Gasteiger partial charge in [0.15, 0.2) is 6.10 Å². The lowest BCUT2D eigenvalue weighted by Gasteiger charge is -1.78. The monoisotopic (exact) mass is 116 g/mol. The summed E-state index contributed by atoms with van der Waals surface area (Å²) in [4.78, 5) is 10.0. The van der Waals surface area contributed by atoms with Gasteiger partial charge in [0, 0.05) is 0 Å². The van der Waals surface area contributed by atoms with Crippen molar-refractivity contribution in [3.63, 3.8) is 0 Å². The number of hydrogen-bond donors (Lipinski definition) is 1. The number of carbonyl (C=O) groups is 1. The van der Waals surface area contributed by atoms with Gasteiger partial charge in [-0.25, -0.2) is 4.79 Å². The molecule has 3 nitrogen and oxygen atoms in total. The van der Waals surface area contributed by atoms with Crippen LogP contribution in [0, 0.1) is 0 Å². The van der Waals surface area contributed by atoms with Crippen molar-refractivity contribution in [1.29, 1.82) is 0 Å². The molecule has 0 saturated carbocycles. The van der Waals surface area contributed by atoms with Gasteiger partial charge in [-0.15, -0.1) is 0 Å². The van der Waals surface area contributed by atoms with Crippen molar-refractivity contribution >= 4 is 5.97 Å². The summed E-state index contributed by atoms with van der Waals surface area (Å²) in [6.45, 7) is 1.91. The minimum Gasteiger partial charge on any atom is -0.479 e. The molecule has 0 aromatic carbocycles. The van der Waals surface area contributed by atoms with Crippen molar-refractivity contribution in [2.75, 3.05) is 0 Å². The van der Waals surface area contributed by atoms with Crippen molar-refractivity contribution in [3.8, 4) is 0 Å². The lowest BCUT2D eigenvalue weighted by Crippen LogP contribution is -2.06. The van der Waals surface area contributed by atoms with E-state index >= 15 is 0 Å². The molecule has 0 aliphatic carbocycles. The minimum absolute atomic E-state index is 0.00694. The Hall–Kier alpha value is -0.570. The summed E-state index contributed by atoms with van der Waals surface area (Å²) >= 11 is 0. The van der Waals surface area contributed by atoms with Gasteiger partial charge in [-0.1, -0.05) is 6.92 Å². The molecule has 1 aliphatic rings.